The predicted molar refractivity (Wildman–Crippen MR) is 151 cm³/mol. The van der Waals surface area contributed by atoms with Crippen molar-refractivity contribution in [2.45, 2.75) is 6.92 Å². The molecule has 0 bridgehead atoms. The van der Waals surface area contributed by atoms with Crippen LogP contribution in [0.2, 0.25) is 0 Å². The molecule has 35 heavy (non-hydrogen) atoms. The lowest BCUT2D eigenvalue weighted by atomic mass is 9.85. The molecule has 0 spiro atoms. The lowest BCUT2D eigenvalue weighted by Gasteiger charge is -2.18. The van der Waals surface area contributed by atoms with Crippen molar-refractivity contribution in [1.82, 2.24) is 0 Å². The minimum atomic E-state index is 1.25. The second kappa shape index (κ2) is 7.82. The molecular weight excluding hydrogens is 420 g/mol. The molecule has 0 nitrogen and oxygen atoms in total. The molecule has 0 aromatic heterocycles. The molecular formula is C35H24. The summed E-state index contributed by atoms with van der Waals surface area (Å²) in [5, 5.41) is 7.93. The van der Waals surface area contributed by atoms with Crippen LogP contribution in [0, 0.1) is 6.92 Å². The normalized spacial score (nSPS) is 11.6. The number of rotatable bonds is 3. The van der Waals surface area contributed by atoms with Gasteiger partial charge in [-0.15, -0.1) is 0 Å². The Labute approximate surface area is 205 Å². The van der Waals surface area contributed by atoms with Crippen molar-refractivity contribution in [3.63, 3.8) is 0 Å². The third-order valence-electron chi connectivity index (χ3n) is 7.30. The Morgan fingerprint density at radius 3 is 1.49 bits per heavy atom. The SMILES string of the molecule is Cc1ccc(-c2ccc3ccc4c(-c5ccccc5)ccc5ccc2c3c54)c(-c2ccccc2)c1. The summed E-state index contributed by atoms with van der Waals surface area (Å²) in [7, 11) is 0. The predicted octanol–water partition coefficient (Wildman–Crippen LogP) is 9.89. The smallest absolute Gasteiger partial charge is 0.00203 e. The summed E-state index contributed by atoms with van der Waals surface area (Å²) < 4.78 is 0. The van der Waals surface area contributed by atoms with Crippen molar-refractivity contribution in [2.75, 3.05) is 0 Å². The van der Waals surface area contributed by atoms with Crippen LogP contribution in [0.4, 0.5) is 0 Å². The van der Waals surface area contributed by atoms with Gasteiger partial charge in [0, 0.05) is 0 Å². The number of benzene rings is 7. The fraction of sp³-hybridized carbons (Fsp3) is 0.0286. The topological polar surface area (TPSA) is 0 Å². The molecule has 0 radical (unpaired) electrons. The second-order valence-corrected chi connectivity index (χ2v) is 9.43. The molecule has 7 rings (SSSR count). The minimum Gasteiger partial charge on any atom is -0.0622 e. The summed E-state index contributed by atoms with van der Waals surface area (Å²) in [5.74, 6) is 0. The Balaban J connectivity index is 1.56. The van der Waals surface area contributed by atoms with Gasteiger partial charge in [0.1, 0.15) is 0 Å². The highest BCUT2D eigenvalue weighted by atomic mass is 14.2. The number of hydrogen-bond acceptors (Lipinski definition) is 0. The van der Waals surface area contributed by atoms with E-state index in [2.05, 4.69) is 134 Å². The number of hydrogen-bond donors (Lipinski definition) is 0. The monoisotopic (exact) mass is 444 g/mol. The Morgan fingerprint density at radius 2 is 0.857 bits per heavy atom. The van der Waals surface area contributed by atoms with Crippen LogP contribution in [0.25, 0.3) is 65.7 Å². The summed E-state index contributed by atoms with van der Waals surface area (Å²) in [6, 6.07) is 46.6. The van der Waals surface area contributed by atoms with Gasteiger partial charge in [-0.25, -0.2) is 0 Å². The maximum absolute atomic E-state index is 2.32. The van der Waals surface area contributed by atoms with Crippen molar-refractivity contribution in [3.8, 4) is 33.4 Å². The van der Waals surface area contributed by atoms with Crippen LogP contribution in [0.5, 0.6) is 0 Å². The van der Waals surface area contributed by atoms with Gasteiger partial charge in [-0.3, -0.25) is 0 Å². The second-order valence-electron chi connectivity index (χ2n) is 9.43. The first-order valence-electron chi connectivity index (χ1n) is 12.2. The molecule has 0 saturated heterocycles. The Hall–Kier alpha value is -4.42. The van der Waals surface area contributed by atoms with E-state index in [9.17, 15) is 0 Å². The molecule has 7 aromatic carbocycles. The zero-order chi connectivity index (χ0) is 23.4. The standard InChI is InChI=1S/C35H24/c1-23-12-17-30(33(22-23)25-10-6-3-7-11-25)29-19-14-27-15-20-31-28(24-8-4-2-5-9-24)18-13-26-16-21-32(29)35(27)34(26)31/h2-22H,1H3. The van der Waals surface area contributed by atoms with E-state index in [4.69, 9.17) is 0 Å². The van der Waals surface area contributed by atoms with Crippen molar-refractivity contribution in [1.29, 1.82) is 0 Å². The Morgan fingerprint density at radius 1 is 0.371 bits per heavy atom. The van der Waals surface area contributed by atoms with Crippen LogP contribution in [-0.2, 0) is 0 Å². The average molecular weight is 445 g/mol. The maximum atomic E-state index is 2.32. The van der Waals surface area contributed by atoms with Crippen LogP contribution in [-0.4, -0.2) is 0 Å². The van der Waals surface area contributed by atoms with E-state index < -0.39 is 0 Å². The molecule has 164 valence electrons. The molecule has 0 aliphatic carbocycles. The lowest BCUT2D eigenvalue weighted by Crippen LogP contribution is -1.91. The molecule has 0 N–H and O–H groups in total. The van der Waals surface area contributed by atoms with Gasteiger partial charge in [-0.2, -0.15) is 0 Å². The largest absolute Gasteiger partial charge is 0.0622 e. The van der Waals surface area contributed by atoms with E-state index in [0.29, 0.717) is 0 Å². The number of aryl methyl sites for hydroxylation is 1. The Bertz CT molecular complexity index is 1830. The zero-order valence-corrected chi connectivity index (χ0v) is 19.6. The van der Waals surface area contributed by atoms with Crippen LogP contribution < -0.4 is 0 Å². The Kier molecular flexibility index (Phi) is 4.47. The van der Waals surface area contributed by atoms with Gasteiger partial charge in [0.15, 0.2) is 0 Å². The van der Waals surface area contributed by atoms with Crippen LogP contribution in [0.15, 0.2) is 127 Å². The first-order valence-corrected chi connectivity index (χ1v) is 12.2. The van der Waals surface area contributed by atoms with Gasteiger partial charge >= 0.3 is 0 Å². The minimum absolute atomic E-state index is 1.25. The van der Waals surface area contributed by atoms with Crippen molar-refractivity contribution >= 4 is 32.3 Å². The van der Waals surface area contributed by atoms with Crippen LogP contribution in [0.1, 0.15) is 5.56 Å². The third-order valence-corrected chi connectivity index (χ3v) is 7.30. The van der Waals surface area contributed by atoms with E-state index in [-0.39, 0.29) is 0 Å². The van der Waals surface area contributed by atoms with E-state index in [1.54, 1.807) is 0 Å². The highest BCUT2D eigenvalue weighted by molar-refractivity contribution is 6.27. The summed E-state index contributed by atoms with van der Waals surface area (Å²) in [5.41, 5.74) is 8.93. The average Bonchev–Trinajstić information content (AvgIpc) is 2.92. The third kappa shape index (κ3) is 3.15. The highest BCUT2D eigenvalue weighted by Crippen LogP contribution is 2.44. The molecule has 0 aliphatic heterocycles. The molecule has 0 unspecified atom stereocenters. The fourth-order valence-electron chi connectivity index (χ4n) is 5.65. The van der Waals surface area contributed by atoms with Gasteiger partial charge < -0.3 is 0 Å². The summed E-state index contributed by atoms with van der Waals surface area (Å²) in [4.78, 5) is 0. The molecule has 0 heteroatoms. The van der Waals surface area contributed by atoms with E-state index in [1.165, 1.54) is 71.3 Å². The molecule has 7 aromatic rings. The van der Waals surface area contributed by atoms with Crippen molar-refractivity contribution in [2.24, 2.45) is 0 Å². The van der Waals surface area contributed by atoms with Crippen molar-refractivity contribution in [3.05, 3.63) is 133 Å². The highest BCUT2D eigenvalue weighted by Gasteiger charge is 2.16. The lowest BCUT2D eigenvalue weighted by molar-refractivity contribution is 1.46. The van der Waals surface area contributed by atoms with Gasteiger partial charge in [-0.1, -0.05) is 133 Å². The van der Waals surface area contributed by atoms with Gasteiger partial charge in [0.05, 0.1) is 0 Å². The zero-order valence-electron chi connectivity index (χ0n) is 19.6. The quantitative estimate of drug-likeness (QED) is 0.238. The summed E-state index contributed by atoms with van der Waals surface area (Å²) in [6.07, 6.45) is 0. The molecule has 0 saturated carbocycles. The molecule has 0 aliphatic rings. The van der Waals surface area contributed by atoms with Gasteiger partial charge in [0.25, 0.3) is 0 Å². The van der Waals surface area contributed by atoms with Gasteiger partial charge in [-0.05, 0) is 72.6 Å². The fourth-order valence-corrected chi connectivity index (χ4v) is 5.65. The van der Waals surface area contributed by atoms with Crippen molar-refractivity contribution < 1.29 is 0 Å². The van der Waals surface area contributed by atoms with E-state index in [1.807, 2.05) is 0 Å². The van der Waals surface area contributed by atoms with E-state index >= 15 is 0 Å². The molecule has 0 fully saturated rings. The van der Waals surface area contributed by atoms with Crippen LogP contribution in [0.3, 0.4) is 0 Å². The molecule has 0 heterocycles. The summed E-state index contributed by atoms with van der Waals surface area (Å²) >= 11 is 0. The molecule has 0 atom stereocenters. The first kappa shape index (κ1) is 20.0. The molecule has 0 amide bonds. The van der Waals surface area contributed by atoms with Gasteiger partial charge in [0.2, 0.25) is 0 Å². The van der Waals surface area contributed by atoms with Crippen LogP contribution >= 0.6 is 0 Å². The van der Waals surface area contributed by atoms with E-state index in [0.717, 1.165) is 0 Å². The summed E-state index contributed by atoms with van der Waals surface area (Å²) in [6.45, 7) is 2.17. The maximum Gasteiger partial charge on any atom is -0.00203 e. The first-order chi connectivity index (χ1) is 17.3.